The summed E-state index contributed by atoms with van der Waals surface area (Å²) in [6, 6.07) is 8.10. The maximum Gasteiger partial charge on any atom is 0.286 e. The van der Waals surface area contributed by atoms with Gasteiger partial charge in [-0.25, -0.2) is 23.4 Å². The number of fused-ring (bicyclic) bond motifs is 3. The molecule has 3 aliphatic rings. The van der Waals surface area contributed by atoms with Gasteiger partial charge in [0.1, 0.15) is 23.7 Å². The van der Waals surface area contributed by atoms with Crippen LogP contribution in [0.15, 0.2) is 58.8 Å². The fraction of sp³-hybridized carbons (Fsp3) is 0.400. The van der Waals surface area contributed by atoms with Gasteiger partial charge >= 0.3 is 0 Å². The monoisotopic (exact) mass is 667 g/mol. The first kappa shape index (κ1) is 31.4. The molecule has 254 valence electrons. The van der Waals surface area contributed by atoms with E-state index in [9.17, 15) is 14.7 Å². The minimum Gasteiger partial charge on any atom is -0.392 e. The predicted octanol–water partition coefficient (Wildman–Crippen LogP) is 2.80. The van der Waals surface area contributed by atoms with Crippen molar-refractivity contribution in [1.29, 1.82) is 0 Å². The third kappa shape index (κ3) is 5.40. The summed E-state index contributed by atoms with van der Waals surface area (Å²) in [6.07, 6.45) is 9.30. The number of aliphatic hydroxyl groups excluding tert-OH is 1. The lowest BCUT2D eigenvalue weighted by atomic mass is 9.98. The van der Waals surface area contributed by atoms with E-state index in [1.54, 1.807) is 25.4 Å². The standard InChI is InChI=1S/C35H38FN9O4/c1-21-15-42(24-18-49-19-24)11-12-43(21)23-7-8-30(38-14-23)40-28-13-22(16-41(2)34(28)47)25-9-10-37-33(27(25)17-46)44-20-39-45-29-6-4-3-5-26(29)31(36)32(45)35(44)48/h7-10,13-14,16,20-21,24,46H,3-6,11-12,15,17-19H2,1-2H3,(H,38,40)/t21-/m0/s1. The Balaban J connectivity index is 1.09. The molecule has 49 heavy (non-hydrogen) atoms. The van der Waals surface area contributed by atoms with Crippen LogP contribution in [0, 0.1) is 5.82 Å². The van der Waals surface area contributed by atoms with Crippen LogP contribution in [-0.2, 0) is 31.2 Å². The van der Waals surface area contributed by atoms with Crippen LogP contribution in [-0.4, -0.2) is 83.7 Å². The molecular weight excluding hydrogens is 629 g/mol. The van der Waals surface area contributed by atoms with Crippen LogP contribution in [0.5, 0.6) is 0 Å². The van der Waals surface area contributed by atoms with E-state index in [1.807, 2.05) is 18.3 Å². The van der Waals surface area contributed by atoms with Crippen molar-refractivity contribution < 1.29 is 14.2 Å². The van der Waals surface area contributed by atoms with Crippen LogP contribution < -0.4 is 21.3 Å². The van der Waals surface area contributed by atoms with Gasteiger partial charge in [-0.2, -0.15) is 5.10 Å². The molecule has 1 atom stereocenters. The van der Waals surface area contributed by atoms with Crippen molar-refractivity contribution in [3.63, 3.8) is 0 Å². The van der Waals surface area contributed by atoms with E-state index in [1.165, 1.54) is 26.2 Å². The van der Waals surface area contributed by atoms with Crippen molar-refractivity contribution in [3.05, 3.63) is 92.5 Å². The second-order valence-electron chi connectivity index (χ2n) is 13.1. The maximum atomic E-state index is 15.5. The highest BCUT2D eigenvalue weighted by atomic mass is 19.1. The Labute approximate surface area is 281 Å². The van der Waals surface area contributed by atoms with Crippen LogP contribution >= 0.6 is 0 Å². The van der Waals surface area contributed by atoms with Gasteiger partial charge in [0, 0.05) is 67.5 Å². The molecule has 14 heteroatoms. The zero-order valence-electron chi connectivity index (χ0n) is 27.5. The smallest absolute Gasteiger partial charge is 0.286 e. The first-order valence-electron chi connectivity index (χ1n) is 16.7. The number of nitrogens with one attached hydrogen (secondary N) is 1. The van der Waals surface area contributed by atoms with Gasteiger partial charge < -0.3 is 24.6 Å². The van der Waals surface area contributed by atoms with E-state index in [0.717, 1.165) is 57.1 Å². The summed E-state index contributed by atoms with van der Waals surface area (Å²) in [7, 11) is 1.64. The molecule has 2 N–H and O–H groups in total. The Morgan fingerprint density at radius 2 is 1.92 bits per heavy atom. The zero-order valence-corrected chi connectivity index (χ0v) is 27.5. The highest BCUT2D eigenvalue weighted by molar-refractivity contribution is 5.73. The fourth-order valence-corrected chi connectivity index (χ4v) is 7.43. The zero-order chi connectivity index (χ0) is 33.8. The molecule has 0 saturated carbocycles. The van der Waals surface area contributed by atoms with E-state index < -0.39 is 18.0 Å². The number of hydrogen-bond acceptors (Lipinski definition) is 10. The van der Waals surface area contributed by atoms with Gasteiger partial charge in [0.2, 0.25) is 0 Å². The molecule has 0 aromatic carbocycles. The third-order valence-electron chi connectivity index (χ3n) is 10.1. The fourth-order valence-electron chi connectivity index (χ4n) is 7.43. The van der Waals surface area contributed by atoms with Crippen LogP contribution in [0.4, 0.5) is 21.6 Å². The second-order valence-corrected chi connectivity index (χ2v) is 13.1. The SMILES string of the molecule is C[C@H]1CN(C2COC2)CCN1c1ccc(Nc2cc(-c3ccnc(-n4cnn5c6c(c(F)c5c4=O)CCCC6)c3CO)cn(C)c2=O)nc1. The van der Waals surface area contributed by atoms with Crippen LogP contribution in [0.3, 0.4) is 0 Å². The molecule has 2 saturated heterocycles. The summed E-state index contributed by atoms with van der Waals surface area (Å²) < 4.78 is 24.9. The Hall–Kier alpha value is -4.92. The topological polar surface area (TPSA) is 135 Å². The van der Waals surface area contributed by atoms with Crippen LogP contribution in [0.25, 0.3) is 22.5 Å². The number of rotatable bonds is 7. The van der Waals surface area contributed by atoms with Gasteiger partial charge in [-0.15, -0.1) is 0 Å². The number of pyridine rings is 3. The minimum atomic E-state index is -0.608. The van der Waals surface area contributed by atoms with Gasteiger partial charge in [0.25, 0.3) is 11.1 Å². The highest BCUT2D eigenvalue weighted by Crippen LogP contribution is 2.31. The van der Waals surface area contributed by atoms with Crippen molar-refractivity contribution in [1.82, 2.24) is 33.6 Å². The molecular formula is C35H38FN9O4. The first-order valence-corrected chi connectivity index (χ1v) is 16.7. The van der Waals surface area contributed by atoms with E-state index in [0.29, 0.717) is 53.0 Å². The molecule has 5 aromatic heterocycles. The Kier molecular flexibility index (Phi) is 8.01. The molecule has 8 rings (SSSR count). The number of aliphatic hydroxyl groups is 1. The lowest BCUT2D eigenvalue weighted by molar-refractivity contribution is -0.0691. The number of nitrogens with zero attached hydrogens (tertiary/aromatic N) is 8. The van der Waals surface area contributed by atoms with E-state index in [4.69, 9.17) is 4.74 Å². The average Bonchev–Trinajstić information content (AvgIpc) is 3.38. The summed E-state index contributed by atoms with van der Waals surface area (Å²) in [5.74, 6) is 0.0991. The molecule has 13 nitrogen and oxygen atoms in total. The van der Waals surface area contributed by atoms with Crippen molar-refractivity contribution in [3.8, 4) is 16.9 Å². The number of ether oxygens (including phenoxy) is 1. The Bertz CT molecular complexity index is 2170. The number of aromatic nitrogens is 6. The molecule has 1 aliphatic carbocycles. The molecule has 7 heterocycles. The number of piperazine rings is 1. The lowest BCUT2D eigenvalue weighted by Gasteiger charge is -2.46. The molecule has 0 bridgehead atoms. The predicted molar refractivity (Wildman–Crippen MR) is 182 cm³/mol. The summed E-state index contributed by atoms with van der Waals surface area (Å²) in [4.78, 5) is 40.8. The number of anilines is 3. The van der Waals surface area contributed by atoms with Gasteiger partial charge in [-0.1, -0.05) is 0 Å². The normalized spacial score (nSPS) is 18.4. The second kappa shape index (κ2) is 12.5. The maximum absolute atomic E-state index is 15.5. The van der Waals surface area contributed by atoms with Gasteiger partial charge in [0.15, 0.2) is 11.3 Å². The summed E-state index contributed by atoms with van der Waals surface area (Å²) in [5, 5.41) is 18.2. The van der Waals surface area contributed by atoms with Crippen molar-refractivity contribution in [2.45, 2.75) is 51.3 Å². The molecule has 2 fully saturated rings. The molecule has 0 unspecified atom stereocenters. The minimum absolute atomic E-state index is 0.127. The Morgan fingerprint density at radius 1 is 1.08 bits per heavy atom. The summed E-state index contributed by atoms with van der Waals surface area (Å²) >= 11 is 0. The van der Waals surface area contributed by atoms with Gasteiger partial charge in [-0.05, 0) is 62.4 Å². The van der Waals surface area contributed by atoms with Gasteiger partial charge in [-0.3, -0.25) is 14.5 Å². The number of hydrogen-bond donors (Lipinski definition) is 2. The first-order chi connectivity index (χ1) is 23.8. The molecule has 5 aromatic rings. The average molecular weight is 668 g/mol. The number of aryl methyl sites for hydroxylation is 2. The van der Waals surface area contributed by atoms with E-state index in [2.05, 4.69) is 37.1 Å². The van der Waals surface area contributed by atoms with E-state index >= 15 is 4.39 Å². The highest BCUT2D eigenvalue weighted by Gasteiger charge is 2.32. The van der Waals surface area contributed by atoms with E-state index in [-0.39, 0.29) is 22.6 Å². The van der Waals surface area contributed by atoms with Crippen LogP contribution in [0.1, 0.15) is 36.6 Å². The Morgan fingerprint density at radius 3 is 2.65 bits per heavy atom. The third-order valence-corrected chi connectivity index (χ3v) is 10.1. The lowest BCUT2D eigenvalue weighted by Crippen LogP contribution is -2.59. The van der Waals surface area contributed by atoms with Crippen LogP contribution in [0.2, 0.25) is 0 Å². The van der Waals surface area contributed by atoms with Crippen molar-refractivity contribution in [2.75, 3.05) is 43.1 Å². The molecule has 0 amide bonds. The molecule has 0 spiro atoms. The van der Waals surface area contributed by atoms with Crippen molar-refractivity contribution in [2.24, 2.45) is 7.05 Å². The van der Waals surface area contributed by atoms with Gasteiger partial charge in [0.05, 0.1) is 37.7 Å². The largest absolute Gasteiger partial charge is 0.392 e. The molecule has 0 radical (unpaired) electrons. The summed E-state index contributed by atoms with van der Waals surface area (Å²) in [6.45, 7) is 6.20. The quantitative estimate of drug-likeness (QED) is 0.267. The van der Waals surface area contributed by atoms with Crippen molar-refractivity contribution >= 4 is 22.7 Å². The summed E-state index contributed by atoms with van der Waals surface area (Å²) in [5.41, 5.74) is 3.06. The number of halogens is 1. The molecule has 2 aliphatic heterocycles.